The van der Waals surface area contributed by atoms with Crippen LogP contribution in [0.15, 0.2) is 54.6 Å². The Morgan fingerprint density at radius 3 is 2.32 bits per heavy atom. The number of benzene rings is 2. The van der Waals surface area contributed by atoms with Crippen LogP contribution in [0.4, 0.5) is 0 Å². The van der Waals surface area contributed by atoms with Gasteiger partial charge < -0.3 is 4.74 Å². The van der Waals surface area contributed by atoms with Gasteiger partial charge in [-0.15, -0.1) is 0 Å². The van der Waals surface area contributed by atoms with Gasteiger partial charge in [-0.1, -0.05) is 61.0 Å². The summed E-state index contributed by atoms with van der Waals surface area (Å²) in [5.41, 5.74) is 0.571. The molecule has 2 unspecified atom stereocenters. The lowest BCUT2D eigenvalue weighted by Gasteiger charge is -2.33. The second-order valence-electron chi connectivity index (χ2n) is 5.98. The molecule has 0 N–H and O–H groups in total. The first-order chi connectivity index (χ1) is 12.1. The fourth-order valence-electron chi connectivity index (χ4n) is 3.24. The molecule has 0 heterocycles. The van der Waals surface area contributed by atoms with Gasteiger partial charge in [-0.2, -0.15) is 5.26 Å². The average Bonchev–Trinajstić information content (AvgIpc) is 2.64. The number of hydrogen-bond acceptors (Lipinski definition) is 3. The molecule has 0 bridgehead atoms. The van der Waals surface area contributed by atoms with Gasteiger partial charge in [0, 0.05) is 17.4 Å². The average molecular weight is 356 g/mol. The Balaban J connectivity index is 2.52. The van der Waals surface area contributed by atoms with Crippen LogP contribution in [0.2, 0.25) is 5.02 Å². The van der Waals surface area contributed by atoms with Gasteiger partial charge in [0.25, 0.3) is 0 Å². The molecule has 0 aliphatic heterocycles. The maximum Gasteiger partial charge on any atom is 0.327 e. The molecule has 0 radical (unpaired) electrons. The number of carbonyl (C=O) groups excluding carboxylic acids is 1. The number of hydrogen-bond donors (Lipinski definition) is 0. The molecule has 3 nitrogen and oxygen atoms in total. The van der Waals surface area contributed by atoms with Gasteiger partial charge in [0.05, 0.1) is 12.7 Å². The Kier molecular flexibility index (Phi) is 6.61. The van der Waals surface area contributed by atoms with Gasteiger partial charge in [0.2, 0.25) is 0 Å². The molecule has 130 valence electrons. The second-order valence-corrected chi connectivity index (χ2v) is 6.41. The summed E-state index contributed by atoms with van der Waals surface area (Å²) >= 11 is 5.99. The van der Waals surface area contributed by atoms with Gasteiger partial charge >= 0.3 is 5.97 Å². The van der Waals surface area contributed by atoms with E-state index in [0.717, 1.165) is 11.1 Å². The molecule has 0 spiro atoms. The second kappa shape index (κ2) is 8.69. The maximum absolute atomic E-state index is 12.9. The fraction of sp³-hybridized carbons (Fsp3) is 0.333. The van der Waals surface area contributed by atoms with Crippen molar-refractivity contribution in [1.82, 2.24) is 0 Å². The molecule has 2 atom stereocenters. The summed E-state index contributed by atoms with van der Waals surface area (Å²) in [4.78, 5) is 12.9. The zero-order chi connectivity index (χ0) is 18.3. The summed E-state index contributed by atoms with van der Waals surface area (Å²) in [5.74, 6) is -0.753. The van der Waals surface area contributed by atoms with E-state index in [0.29, 0.717) is 17.9 Å². The molecular formula is C21H22ClNO2. The number of rotatable bonds is 7. The van der Waals surface area contributed by atoms with Crippen LogP contribution in [0, 0.1) is 16.7 Å². The van der Waals surface area contributed by atoms with E-state index in [2.05, 4.69) is 6.07 Å². The smallest absolute Gasteiger partial charge is 0.327 e. The highest BCUT2D eigenvalue weighted by atomic mass is 35.5. The molecule has 2 rings (SSSR count). The zero-order valence-electron chi connectivity index (χ0n) is 14.5. The van der Waals surface area contributed by atoms with Gasteiger partial charge in [0.1, 0.15) is 0 Å². The van der Waals surface area contributed by atoms with Crippen molar-refractivity contribution < 1.29 is 9.53 Å². The SMILES string of the molecule is CCOC(=O)C(C#N)(Cc1ccccc1)C(CC)c1ccc(Cl)cc1. The lowest BCUT2D eigenvalue weighted by molar-refractivity contribution is -0.153. The molecule has 0 amide bonds. The summed E-state index contributed by atoms with van der Waals surface area (Å²) in [5, 5.41) is 10.7. The molecule has 2 aromatic rings. The van der Waals surface area contributed by atoms with E-state index in [-0.39, 0.29) is 12.5 Å². The molecule has 2 aromatic carbocycles. The zero-order valence-corrected chi connectivity index (χ0v) is 15.3. The molecule has 0 aliphatic rings. The van der Waals surface area contributed by atoms with Crippen LogP contribution in [-0.2, 0) is 16.0 Å². The third-order valence-electron chi connectivity index (χ3n) is 4.44. The third kappa shape index (κ3) is 4.21. The van der Waals surface area contributed by atoms with Crippen LogP contribution in [0.3, 0.4) is 0 Å². The topological polar surface area (TPSA) is 50.1 Å². The number of carbonyl (C=O) groups is 1. The molecule has 0 saturated heterocycles. The quantitative estimate of drug-likeness (QED) is 0.645. The van der Waals surface area contributed by atoms with E-state index in [9.17, 15) is 10.1 Å². The van der Waals surface area contributed by atoms with E-state index in [4.69, 9.17) is 16.3 Å². The van der Waals surface area contributed by atoms with Crippen LogP contribution >= 0.6 is 11.6 Å². The Hall–Kier alpha value is -2.31. The lowest BCUT2D eigenvalue weighted by atomic mass is 9.68. The van der Waals surface area contributed by atoms with E-state index in [1.165, 1.54) is 0 Å². The first kappa shape index (κ1) is 19.0. The minimum Gasteiger partial charge on any atom is -0.465 e. The minimum absolute atomic E-state index is 0.244. The van der Waals surface area contributed by atoms with Gasteiger partial charge in [-0.3, -0.25) is 4.79 Å². The van der Waals surface area contributed by atoms with Crippen LogP contribution in [0.5, 0.6) is 0 Å². The Labute approximate surface area is 154 Å². The van der Waals surface area contributed by atoms with Crippen molar-refractivity contribution in [3.8, 4) is 6.07 Å². The minimum atomic E-state index is -1.28. The number of nitriles is 1. The van der Waals surface area contributed by atoms with Crippen molar-refractivity contribution in [2.75, 3.05) is 6.61 Å². The van der Waals surface area contributed by atoms with E-state index >= 15 is 0 Å². The normalized spacial score (nSPS) is 14.2. The molecule has 0 aliphatic carbocycles. The van der Waals surface area contributed by atoms with Crippen LogP contribution < -0.4 is 0 Å². The van der Waals surface area contributed by atoms with Crippen LogP contribution in [0.1, 0.15) is 37.3 Å². The monoisotopic (exact) mass is 355 g/mol. The largest absolute Gasteiger partial charge is 0.465 e. The van der Waals surface area contributed by atoms with Gasteiger partial charge in [0.15, 0.2) is 5.41 Å². The van der Waals surface area contributed by atoms with Crippen LogP contribution in [0.25, 0.3) is 0 Å². The van der Waals surface area contributed by atoms with Crippen molar-refractivity contribution in [1.29, 1.82) is 5.26 Å². The predicted octanol–water partition coefficient (Wildman–Crippen LogP) is 5.15. The first-order valence-corrected chi connectivity index (χ1v) is 8.83. The van der Waals surface area contributed by atoms with Crippen molar-refractivity contribution in [2.24, 2.45) is 5.41 Å². The Bertz CT molecular complexity index is 737. The molecular weight excluding hydrogens is 334 g/mol. The van der Waals surface area contributed by atoms with E-state index in [1.807, 2.05) is 49.4 Å². The standard InChI is InChI=1S/C21H22ClNO2/c1-3-19(17-10-12-18(22)13-11-17)21(15-23,20(24)25-4-2)14-16-8-6-5-7-9-16/h5-13,19H,3-4,14H2,1-2H3. The summed E-state index contributed by atoms with van der Waals surface area (Å²) in [6.45, 7) is 3.98. The highest BCUT2D eigenvalue weighted by Crippen LogP contribution is 2.42. The highest BCUT2D eigenvalue weighted by Gasteiger charge is 2.47. The Morgan fingerprint density at radius 1 is 1.16 bits per heavy atom. The predicted molar refractivity (Wildman–Crippen MR) is 99.3 cm³/mol. The maximum atomic E-state index is 12.9. The molecule has 0 aromatic heterocycles. The van der Waals surface area contributed by atoms with Crippen molar-refractivity contribution >= 4 is 17.6 Å². The molecule has 0 fully saturated rings. The third-order valence-corrected chi connectivity index (χ3v) is 4.69. The van der Waals surface area contributed by atoms with E-state index < -0.39 is 11.4 Å². The summed E-state index contributed by atoms with van der Waals surface area (Å²) in [6, 6.07) is 19.2. The number of ether oxygens (including phenoxy) is 1. The number of nitrogens with zero attached hydrogens (tertiary/aromatic N) is 1. The molecule has 25 heavy (non-hydrogen) atoms. The van der Waals surface area contributed by atoms with E-state index in [1.54, 1.807) is 19.1 Å². The van der Waals surface area contributed by atoms with Gasteiger partial charge in [-0.25, -0.2) is 0 Å². The van der Waals surface area contributed by atoms with Crippen LogP contribution in [-0.4, -0.2) is 12.6 Å². The van der Waals surface area contributed by atoms with Gasteiger partial charge in [-0.05, 0) is 36.6 Å². The summed E-state index contributed by atoms with van der Waals surface area (Å²) in [6.07, 6.45) is 0.950. The number of esters is 1. The summed E-state index contributed by atoms with van der Waals surface area (Å²) in [7, 11) is 0. The van der Waals surface area contributed by atoms with Crippen molar-refractivity contribution in [2.45, 2.75) is 32.6 Å². The van der Waals surface area contributed by atoms with Crippen molar-refractivity contribution in [3.63, 3.8) is 0 Å². The number of halogens is 1. The fourth-order valence-corrected chi connectivity index (χ4v) is 3.37. The first-order valence-electron chi connectivity index (χ1n) is 8.45. The Morgan fingerprint density at radius 2 is 1.80 bits per heavy atom. The lowest BCUT2D eigenvalue weighted by Crippen LogP contribution is -2.39. The molecule has 4 heteroatoms. The highest BCUT2D eigenvalue weighted by molar-refractivity contribution is 6.30. The molecule has 0 saturated carbocycles. The summed E-state index contributed by atoms with van der Waals surface area (Å²) < 4.78 is 5.31. The van der Waals surface area contributed by atoms with Crippen molar-refractivity contribution in [3.05, 3.63) is 70.7 Å².